The highest BCUT2D eigenvalue weighted by Gasteiger charge is 2.70. The normalized spacial score (nSPS) is 27.6. The van der Waals surface area contributed by atoms with Crippen LogP contribution in [0.1, 0.15) is 34.8 Å². The van der Waals surface area contributed by atoms with Crippen molar-refractivity contribution in [3.05, 3.63) is 129 Å². The first-order chi connectivity index (χ1) is 23.6. The van der Waals surface area contributed by atoms with Gasteiger partial charge in [0, 0.05) is 21.4 Å². The number of hydrazine groups is 1. The third-order valence-corrected chi connectivity index (χ3v) is 11.7. The van der Waals surface area contributed by atoms with Gasteiger partial charge in [0.05, 0.1) is 35.4 Å². The van der Waals surface area contributed by atoms with Crippen LogP contribution < -0.4 is 5.43 Å². The molecule has 6 atom stereocenters. The molecule has 8 nitrogen and oxygen atoms in total. The molecule has 248 valence electrons. The predicted molar refractivity (Wildman–Crippen MR) is 177 cm³/mol. The van der Waals surface area contributed by atoms with Crippen LogP contribution in [-0.4, -0.2) is 38.6 Å². The van der Waals surface area contributed by atoms with E-state index in [4.69, 9.17) is 11.6 Å². The van der Waals surface area contributed by atoms with Crippen LogP contribution in [0, 0.1) is 35.3 Å². The highest BCUT2D eigenvalue weighted by atomic mass is 35.5. The Labute approximate surface area is 288 Å². The molecule has 12 heteroatoms. The summed E-state index contributed by atoms with van der Waals surface area (Å²) in [6, 6.07) is 19.4. The quantitative estimate of drug-likeness (QED) is 0.174. The molecule has 2 aliphatic heterocycles. The molecule has 1 saturated carbocycles. The summed E-state index contributed by atoms with van der Waals surface area (Å²) in [5.74, 6) is -8.44. The van der Waals surface area contributed by atoms with Crippen molar-refractivity contribution in [1.82, 2.24) is 9.91 Å². The van der Waals surface area contributed by atoms with Crippen LogP contribution in [0.3, 0.4) is 0 Å². The predicted octanol–water partition coefficient (Wildman–Crippen LogP) is 6.57. The molecule has 3 heterocycles. The van der Waals surface area contributed by atoms with Crippen LogP contribution in [-0.2, 0) is 31.1 Å². The van der Waals surface area contributed by atoms with Gasteiger partial charge in [0.2, 0.25) is 11.8 Å². The van der Waals surface area contributed by atoms with Crippen LogP contribution in [0.2, 0.25) is 5.02 Å². The number of hydrogen-bond acceptors (Lipinski definition) is 7. The molecule has 49 heavy (non-hydrogen) atoms. The lowest BCUT2D eigenvalue weighted by Crippen LogP contribution is -2.53. The number of nitrogens with zero attached hydrogens (tertiary/aromatic N) is 2. The Balaban J connectivity index is 1.32. The molecule has 0 radical (unpaired) electrons. The average molecular weight is 700 g/mol. The van der Waals surface area contributed by atoms with E-state index in [1.807, 2.05) is 23.6 Å². The molecule has 4 amide bonds. The van der Waals surface area contributed by atoms with Gasteiger partial charge in [-0.05, 0) is 78.2 Å². The molecule has 3 fully saturated rings. The molecule has 1 aromatic heterocycles. The maximum Gasteiger partial charge on any atom is 0.260 e. The number of rotatable bonds is 6. The number of thiophene rings is 1. The molecular weight excluding hydrogens is 672 g/mol. The van der Waals surface area contributed by atoms with Gasteiger partial charge < -0.3 is 5.11 Å². The lowest BCUT2D eigenvalue weighted by atomic mass is 9.49. The summed E-state index contributed by atoms with van der Waals surface area (Å²) < 4.78 is 29.0. The van der Waals surface area contributed by atoms with Gasteiger partial charge in [-0.1, -0.05) is 53.6 Å². The number of likely N-dealkylation sites (tertiary alicyclic amines) is 1. The smallest absolute Gasteiger partial charge is 0.260 e. The molecule has 2 N–H and O–H groups in total. The third kappa shape index (κ3) is 4.66. The van der Waals surface area contributed by atoms with E-state index in [1.54, 1.807) is 24.3 Å². The van der Waals surface area contributed by atoms with Gasteiger partial charge in [-0.2, -0.15) is 5.01 Å². The second-order valence-electron chi connectivity index (χ2n) is 12.9. The van der Waals surface area contributed by atoms with E-state index in [2.05, 4.69) is 5.43 Å². The number of anilines is 1. The van der Waals surface area contributed by atoms with E-state index in [0.717, 1.165) is 16.0 Å². The monoisotopic (exact) mass is 699 g/mol. The van der Waals surface area contributed by atoms with Gasteiger partial charge >= 0.3 is 0 Å². The number of amides is 4. The first-order valence-electron chi connectivity index (χ1n) is 15.8. The molecule has 4 aromatic rings. The van der Waals surface area contributed by atoms with Crippen molar-refractivity contribution < 1.29 is 33.1 Å². The number of allylic oxidation sites excluding steroid dienone is 2. The fourth-order valence-corrected chi connectivity index (χ4v) is 9.36. The Kier molecular flexibility index (Phi) is 7.45. The highest BCUT2D eigenvalue weighted by Crippen LogP contribution is 2.65. The molecule has 4 aliphatic rings. The maximum atomic E-state index is 15.2. The molecule has 8 rings (SSSR count). The Morgan fingerprint density at radius 1 is 0.898 bits per heavy atom. The number of phenols is 1. The van der Waals surface area contributed by atoms with Crippen LogP contribution >= 0.6 is 22.9 Å². The number of imide groups is 2. The molecule has 2 aliphatic carbocycles. The minimum atomic E-state index is -1.72. The molecule has 0 unspecified atom stereocenters. The number of benzene rings is 3. The van der Waals surface area contributed by atoms with Crippen molar-refractivity contribution in [3.63, 3.8) is 0 Å². The van der Waals surface area contributed by atoms with Crippen molar-refractivity contribution in [1.29, 1.82) is 0 Å². The fourth-order valence-electron chi connectivity index (χ4n) is 8.54. The number of para-hydroxylation sites is 1. The van der Waals surface area contributed by atoms with E-state index < -0.39 is 64.2 Å². The number of carbonyl (C=O) groups excluding carboxylic acids is 4. The molecule has 0 spiro atoms. The van der Waals surface area contributed by atoms with Crippen LogP contribution in [0.15, 0.2) is 95.9 Å². The highest BCUT2D eigenvalue weighted by molar-refractivity contribution is 7.09. The lowest BCUT2D eigenvalue weighted by Gasteiger charge is -2.50. The summed E-state index contributed by atoms with van der Waals surface area (Å²) in [7, 11) is 0. The van der Waals surface area contributed by atoms with E-state index in [9.17, 15) is 23.9 Å². The Morgan fingerprint density at radius 3 is 2.37 bits per heavy atom. The summed E-state index contributed by atoms with van der Waals surface area (Å²) in [5, 5.41) is 14.5. The summed E-state index contributed by atoms with van der Waals surface area (Å²) in [6.45, 7) is 0.128. The second-order valence-corrected chi connectivity index (χ2v) is 14.4. The third-order valence-electron chi connectivity index (χ3n) is 10.6. The summed E-state index contributed by atoms with van der Waals surface area (Å²) >= 11 is 7.73. The van der Waals surface area contributed by atoms with Crippen LogP contribution in [0.5, 0.6) is 5.75 Å². The van der Waals surface area contributed by atoms with Gasteiger partial charge in [0.15, 0.2) is 11.6 Å². The SMILES string of the molecule is O=C1[C@H]2[C@H](CC=C3[C@H]2C[C@H]2C(=O)N(Nc4ccc(F)cc4)C(=O)[C@@]2(c2ccc(Cl)cc2)[C@H]3c2cccc(F)c2O)C(=O)N1Cc1cccs1. The molecular formula is C37H28ClF2N3O5S. The maximum absolute atomic E-state index is 15.2. The van der Waals surface area contributed by atoms with Crippen molar-refractivity contribution in [2.45, 2.75) is 30.7 Å². The molecule has 0 bridgehead atoms. The largest absolute Gasteiger partial charge is 0.505 e. The average Bonchev–Trinajstić information content (AvgIpc) is 3.76. The molecule has 3 aromatic carbocycles. The number of hydrogen-bond donors (Lipinski definition) is 2. The first kappa shape index (κ1) is 31.4. The van der Waals surface area contributed by atoms with Gasteiger partial charge in [-0.25, -0.2) is 8.78 Å². The fraction of sp³-hybridized carbons (Fsp3) is 0.243. The number of aromatic hydroxyl groups is 1. The number of phenolic OH excluding ortho intramolecular Hbond substituents is 1. The van der Waals surface area contributed by atoms with Gasteiger partial charge in [-0.3, -0.25) is 29.5 Å². The van der Waals surface area contributed by atoms with Gasteiger partial charge in [-0.15, -0.1) is 11.3 Å². The summed E-state index contributed by atoms with van der Waals surface area (Å²) in [6.07, 6.45) is 2.05. The second kappa shape index (κ2) is 11.6. The van der Waals surface area contributed by atoms with E-state index in [-0.39, 0.29) is 42.5 Å². The standard InChI is InChI=1S/C37H28ClF2N3O5S/c38-20-8-6-19(7-9-20)37-28(34(46)43(36(37)48)41-22-12-10-21(39)11-13-22)17-27-24(31(37)26-4-1-5-29(40)32(26)44)14-15-25-30(27)35(47)42(33(25)45)18-23-3-2-16-49-23/h1-14,16,25,27-28,30-31,41,44H,15,17-18H2/t25-,27+,28-,30-,31+,37+/m0/s1. The minimum absolute atomic E-state index is 0.0280. The van der Waals surface area contributed by atoms with Gasteiger partial charge in [0.25, 0.3) is 11.8 Å². The summed E-state index contributed by atoms with van der Waals surface area (Å²) in [5.41, 5.74) is 2.47. The Morgan fingerprint density at radius 2 is 1.65 bits per heavy atom. The lowest BCUT2D eigenvalue weighted by molar-refractivity contribution is -0.141. The van der Waals surface area contributed by atoms with Crippen LogP contribution in [0.4, 0.5) is 14.5 Å². The van der Waals surface area contributed by atoms with Crippen molar-refractivity contribution in [3.8, 4) is 5.75 Å². The Bertz CT molecular complexity index is 2050. The zero-order valence-electron chi connectivity index (χ0n) is 25.7. The number of fused-ring (bicyclic) bond motifs is 4. The minimum Gasteiger partial charge on any atom is -0.505 e. The van der Waals surface area contributed by atoms with Crippen LogP contribution in [0.25, 0.3) is 0 Å². The van der Waals surface area contributed by atoms with Crippen molar-refractivity contribution in [2.24, 2.45) is 23.7 Å². The Hall–Kier alpha value is -4.87. The van der Waals surface area contributed by atoms with E-state index >= 15 is 9.18 Å². The van der Waals surface area contributed by atoms with Crippen molar-refractivity contribution in [2.75, 3.05) is 5.43 Å². The topological polar surface area (TPSA) is 107 Å². The number of carbonyl (C=O) groups is 4. The zero-order chi connectivity index (χ0) is 34.2. The zero-order valence-corrected chi connectivity index (χ0v) is 27.3. The first-order valence-corrected chi connectivity index (χ1v) is 17.1. The van der Waals surface area contributed by atoms with Gasteiger partial charge in [0.1, 0.15) is 5.82 Å². The number of halogens is 3. The number of nitrogens with one attached hydrogen (secondary N) is 1. The summed E-state index contributed by atoms with van der Waals surface area (Å²) in [4.78, 5) is 59.8. The van der Waals surface area contributed by atoms with E-state index in [1.165, 1.54) is 52.6 Å². The molecule has 2 saturated heterocycles. The van der Waals surface area contributed by atoms with Crippen molar-refractivity contribution >= 4 is 52.3 Å². The van der Waals surface area contributed by atoms with E-state index in [0.29, 0.717) is 16.2 Å².